The Bertz CT molecular complexity index is 232. The Morgan fingerprint density at radius 2 is 1.81 bits per heavy atom. The van der Waals surface area contributed by atoms with Gasteiger partial charge in [0.1, 0.15) is 5.60 Å². The maximum Gasteiger partial charge on any atom is 0.292 e. The summed E-state index contributed by atoms with van der Waals surface area (Å²) in [5, 5.41) is 0. The van der Waals surface area contributed by atoms with E-state index >= 15 is 0 Å². The Labute approximate surface area is 123 Å². The number of allylic oxidation sites excluding steroid dienone is 1. The summed E-state index contributed by atoms with van der Waals surface area (Å²) in [6.45, 7) is 13.5. The quantitative estimate of drug-likeness (QED) is 0.472. The molecule has 0 saturated carbocycles. The molecule has 1 radical (unpaired) electrons. The zero-order valence-electron chi connectivity index (χ0n) is 10.4. The maximum atomic E-state index is 10.7. The van der Waals surface area contributed by atoms with E-state index in [-0.39, 0.29) is 32.7 Å². The van der Waals surface area contributed by atoms with Crippen LogP contribution in [0.25, 0.3) is 0 Å². The predicted octanol–water partition coefficient (Wildman–Crippen LogP) is 1.16. The van der Waals surface area contributed by atoms with E-state index in [1.807, 2.05) is 0 Å². The Kier molecular flexibility index (Phi) is 13.4. The van der Waals surface area contributed by atoms with Crippen molar-refractivity contribution >= 4 is 12.3 Å². The third-order valence-electron chi connectivity index (χ3n) is 0.884. The number of carbonyl (C=O) groups excluding carboxylic acids is 2. The number of rotatable bonds is 2. The molecule has 0 spiro atoms. The van der Waals surface area contributed by atoms with E-state index in [2.05, 4.69) is 13.5 Å². The summed E-state index contributed by atoms with van der Waals surface area (Å²) in [6.07, 6.45) is 1.58. The van der Waals surface area contributed by atoms with E-state index < -0.39 is 17.6 Å². The second-order valence-electron chi connectivity index (χ2n) is 4.02. The molecule has 2 N–H and O–H groups in total. The maximum absolute atomic E-state index is 10.7. The first-order valence-electron chi connectivity index (χ1n) is 4.45. The van der Waals surface area contributed by atoms with Crippen LogP contribution in [-0.4, -0.2) is 23.9 Å². The van der Waals surface area contributed by atoms with Crippen molar-refractivity contribution < 1.29 is 47.0 Å². The van der Waals surface area contributed by atoms with Crippen LogP contribution < -0.4 is 5.73 Å². The van der Waals surface area contributed by atoms with Gasteiger partial charge in [-0.15, -0.1) is 0 Å². The van der Waals surface area contributed by atoms with Crippen molar-refractivity contribution in [1.82, 2.24) is 0 Å². The van der Waals surface area contributed by atoms with Crippen LogP contribution in [0.15, 0.2) is 12.2 Å². The molecule has 0 aromatic heterocycles. The predicted molar refractivity (Wildman–Crippen MR) is 59.7 cm³/mol. The molecule has 0 rings (SSSR count). The summed E-state index contributed by atoms with van der Waals surface area (Å²) in [6, 6.07) is -0.778. The second kappa shape index (κ2) is 10.1. The van der Waals surface area contributed by atoms with Gasteiger partial charge in [0.05, 0.1) is 0 Å². The molecule has 0 saturated heterocycles. The number of esters is 1. The topological polar surface area (TPSA) is 69.4 Å². The standard InChI is InChI=1S/C7H14NO2.C4H5O.Y/c1-5(8)6(9)10-7(2,3)4;1-4(2)3-5;/h5H,1,8H2,2-4H3;1H2,2H3;/q2*-1;/t5-;;/m0../s1. The first-order valence-corrected chi connectivity index (χ1v) is 4.45. The Morgan fingerprint density at radius 3 is 1.88 bits per heavy atom. The summed E-state index contributed by atoms with van der Waals surface area (Å²) in [5.74, 6) is -0.465. The average molecular weight is 302 g/mol. The summed E-state index contributed by atoms with van der Waals surface area (Å²) in [4.78, 5) is 20.0. The minimum atomic E-state index is -0.778. The van der Waals surface area contributed by atoms with E-state index in [0.717, 1.165) is 0 Å². The van der Waals surface area contributed by atoms with E-state index in [9.17, 15) is 9.59 Å². The van der Waals surface area contributed by atoms with Crippen LogP contribution in [-0.2, 0) is 47.0 Å². The van der Waals surface area contributed by atoms with Crippen LogP contribution in [0.2, 0.25) is 0 Å². The minimum absolute atomic E-state index is 0. The van der Waals surface area contributed by atoms with Crippen molar-refractivity contribution in [2.24, 2.45) is 5.73 Å². The van der Waals surface area contributed by atoms with Crippen LogP contribution in [0.1, 0.15) is 27.7 Å². The van der Waals surface area contributed by atoms with Gasteiger partial charge in [0.25, 0.3) is 5.97 Å². The van der Waals surface area contributed by atoms with E-state index in [0.29, 0.717) is 5.57 Å². The monoisotopic (exact) mass is 302 g/mol. The van der Waals surface area contributed by atoms with Crippen molar-refractivity contribution in [2.45, 2.75) is 39.3 Å². The van der Waals surface area contributed by atoms with Gasteiger partial charge in [-0.2, -0.15) is 5.57 Å². The van der Waals surface area contributed by atoms with Crippen molar-refractivity contribution in [3.05, 3.63) is 19.1 Å². The molecule has 0 heterocycles. The van der Waals surface area contributed by atoms with Gasteiger partial charge in [0.2, 0.25) is 0 Å². The van der Waals surface area contributed by atoms with E-state index in [1.54, 1.807) is 34.0 Å². The molecule has 1 atom stereocenters. The smallest absolute Gasteiger partial charge is 0.292 e. The second-order valence-corrected chi connectivity index (χ2v) is 4.02. The third-order valence-corrected chi connectivity index (χ3v) is 0.884. The zero-order valence-corrected chi connectivity index (χ0v) is 13.2. The number of hydrogen-bond acceptors (Lipinski definition) is 4. The molecule has 0 aromatic rings. The van der Waals surface area contributed by atoms with Gasteiger partial charge in [0.15, 0.2) is 0 Å². The fourth-order valence-corrected chi connectivity index (χ4v) is 0.377. The van der Waals surface area contributed by atoms with Crippen LogP contribution in [0, 0.1) is 6.92 Å². The van der Waals surface area contributed by atoms with Crippen LogP contribution in [0.4, 0.5) is 0 Å². The van der Waals surface area contributed by atoms with Crippen molar-refractivity contribution in [2.75, 3.05) is 0 Å². The molecule has 4 nitrogen and oxygen atoms in total. The van der Waals surface area contributed by atoms with Gasteiger partial charge in [0, 0.05) is 32.7 Å². The zero-order chi connectivity index (χ0) is 12.6. The molecule has 91 valence electrons. The largest absolute Gasteiger partial charge is 0.461 e. The van der Waals surface area contributed by atoms with Gasteiger partial charge >= 0.3 is 0 Å². The molecular weight excluding hydrogens is 283 g/mol. The number of ether oxygens (including phenoxy) is 1. The molecule has 0 aliphatic rings. The summed E-state index contributed by atoms with van der Waals surface area (Å²) in [7, 11) is 0. The molecule has 0 aromatic carbocycles. The van der Waals surface area contributed by atoms with E-state index in [4.69, 9.17) is 10.5 Å². The molecule has 0 aliphatic heterocycles. The normalized spacial score (nSPS) is 11.1. The SMILES string of the molecule is C=C(C)[C-]=O.[CH2-][C@H](N)C(=O)OC(C)(C)C.[Y]. The molecule has 0 aliphatic carbocycles. The summed E-state index contributed by atoms with van der Waals surface area (Å²) >= 11 is 0. The fourth-order valence-electron chi connectivity index (χ4n) is 0.377. The van der Waals surface area contributed by atoms with Gasteiger partial charge in [-0.05, 0) is 33.1 Å². The molecule has 0 bridgehead atoms. The molecular formula is C11H19NO3Y-2. The van der Waals surface area contributed by atoms with Gasteiger partial charge in [-0.25, -0.2) is 6.58 Å². The number of nitrogens with two attached hydrogens (primary N) is 1. The molecule has 0 amide bonds. The molecule has 5 heteroatoms. The molecule has 0 fully saturated rings. The van der Waals surface area contributed by atoms with Crippen molar-refractivity contribution in [1.29, 1.82) is 0 Å². The minimum Gasteiger partial charge on any atom is -0.461 e. The van der Waals surface area contributed by atoms with Crippen molar-refractivity contribution in [3.8, 4) is 0 Å². The van der Waals surface area contributed by atoms with Gasteiger partial charge in [-0.3, -0.25) is 4.79 Å². The van der Waals surface area contributed by atoms with Gasteiger partial charge in [-0.1, -0.05) is 6.92 Å². The van der Waals surface area contributed by atoms with Crippen LogP contribution in [0.3, 0.4) is 0 Å². The number of hydrogen-bond donors (Lipinski definition) is 1. The molecule has 16 heavy (non-hydrogen) atoms. The molecule has 0 unspecified atom stereocenters. The fraction of sp³-hybridized carbons (Fsp3) is 0.545. The first kappa shape index (κ1) is 21.3. The Balaban J connectivity index is -0.000000242. The van der Waals surface area contributed by atoms with E-state index in [1.165, 1.54) is 0 Å². The van der Waals surface area contributed by atoms with Crippen LogP contribution in [0.5, 0.6) is 0 Å². The van der Waals surface area contributed by atoms with Gasteiger partial charge < -0.3 is 22.2 Å². The van der Waals surface area contributed by atoms with Crippen LogP contribution >= 0.6 is 0 Å². The van der Waals surface area contributed by atoms with Crippen molar-refractivity contribution in [3.63, 3.8) is 0 Å². The summed E-state index contributed by atoms with van der Waals surface area (Å²) < 4.78 is 4.87. The third kappa shape index (κ3) is 19.5. The Hall–Kier alpha value is -0.0561. The summed E-state index contributed by atoms with van der Waals surface area (Å²) in [5.41, 5.74) is 5.14. The Morgan fingerprint density at radius 1 is 1.50 bits per heavy atom. The first-order chi connectivity index (χ1) is 6.60. The number of carbonyl (C=O) groups is 1. The average Bonchev–Trinajstić information content (AvgIpc) is 2.02.